The molecule has 0 aliphatic heterocycles. The maximum atomic E-state index is 12.0. The Hall–Kier alpha value is -2.37. The zero-order chi connectivity index (χ0) is 18.2. The van der Waals surface area contributed by atoms with Gasteiger partial charge in [0.15, 0.2) is 0 Å². The molecule has 0 atom stereocenters. The van der Waals surface area contributed by atoms with E-state index in [1.54, 1.807) is 13.0 Å². The Morgan fingerprint density at radius 2 is 1.30 bits per heavy atom. The molecule has 0 aliphatic rings. The van der Waals surface area contributed by atoms with Gasteiger partial charge >= 0.3 is 6.18 Å². The SMILES string of the molecule is CC.Cc1cc(C(F)(F)F)ccc1O.Cc1ccc(O)cc1O. The van der Waals surface area contributed by atoms with Gasteiger partial charge in [-0.25, -0.2) is 0 Å². The van der Waals surface area contributed by atoms with Gasteiger partial charge < -0.3 is 15.3 Å². The van der Waals surface area contributed by atoms with Crippen molar-refractivity contribution in [3.63, 3.8) is 0 Å². The van der Waals surface area contributed by atoms with Crippen LogP contribution in [-0.4, -0.2) is 15.3 Å². The van der Waals surface area contributed by atoms with E-state index >= 15 is 0 Å². The van der Waals surface area contributed by atoms with E-state index in [9.17, 15) is 13.2 Å². The normalized spacial score (nSPS) is 10.0. The Kier molecular flexibility index (Phi) is 8.00. The first kappa shape index (κ1) is 20.6. The first-order valence-electron chi connectivity index (χ1n) is 6.96. The summed E-state index contributed by atoms with van der Waals surface area (Å²) in [6.07, 6.45) is -4.33. The van der Waals surface area contributed by atoms with Crippen LogP contribution in [0.4, 0.5) is 13.2 Å². The molecule has 0 bridgehead atoms. The molecule has 2 aromatic carbocycles. The smallest absolute Gasteiger partial charge is 0.416 e. The molecule has 3 N–H and O–H groups in total. The van der Waals surface area contributed by atoms with Gasteiger partial charge in [-0.2, -0.15) is 13.2 Å². The van der Waals surface area contributed by atoms with Gasteiger partial charge in [-0.15, -0.1) is 0 Å². The molecule has 0 amide bonds. The number of halogens is 3. The van der Waals surface area contributed by atoms with Crippen LogP contribution in [0.25, 0.3) is 0 Å². The van der Waals surface area contributed by atoms with E-state index in [2.05, 4.69) is 0 Å². The molecule has 0 spiro atoms. The second-order valence-corrected chi connectivity index (χ2v) is 4.47. The van der Waals surface area contributed by atoms with Gasteiger partial charge in [0, 0.05) is 6.07 Å². The molecule has 6 heteroatoms. The molecule has 0 unspecified atom stereocenters. The van der Waals surface area contributed by atoms with Crippen molar-refractivity contribution in [2.24, 2.45) is 0 Å². The second-order valence-electron chi connectivity index (χ2n) is 4.47. The van der Waals surface area contributed by atoms with E-state index in [-0.39, 0.29) is 22.8 Å². The lowest BCUT2D eigenvalue weighted by Crippen LogP contribution is -2.04. The summed E-state index contributed by atoms with van der Waals surface area (Å²) in [6, 6.07) is 7.31. The van der Waals surface area contributed by atoms with Crippen LogP contribution in [0.5, 0.6) is 17.2 Å². The molecule has 23 heavy (non-hydrogen) atoms. The van der Waals surface area contributed by atoms with Crippen molar-refractivity contribution in [1.29, 1.82) is 0 Å². The minimum Gasteiger partial charge on any atom is -0.508 e. The molecule has 0 saturated carbocycles. The molecular formula is C17H21F3O3. The van der Waals surface area contributed by atoms with Crippen LogP contribution in [0.15, 0.2) is 36.4 Å². The lowest BCUT2D eigenvalue weighted by Gasteiger charge is -2.07. The van der Waals surface area contributed by atoms with E-state index in [4.69, 9.17) is 15.3 Å². The molecule has 2 aromatic rings. The Bertz CT molecular complexity index is 623. The van der Waals surface area contributed by atoms with Crippen molar-refractivity contribution in [3.8, 4) is 17.2 Å². The number of phenols is 3. The van der Waals surface area contributed by atoms with Gasteiger partial charge in [-0.05, 0) is 49.2 Å². The Morgan fingerprint density at radius 1 is 0.739 bits per heavy atom. The summed E-state index contributed by atoms with van der Waals surface area (Å²) < 4.78 is 36.1. The third-order valence-corrected chi connectivity index (χ3v) is 2.72. The summed E-state index contributed by atoms with van der Waals surface area (Å²) >= 11 is 0. The number of alkyl halides is 3. The molecule has 0 heterocycles. The number of hydrogen-bond acceptors (Lipinski definition) is 3. The molecule has 128 valence electrons. The predicted molar refractivity (Wildman–Crippen MR) is 83.7 cm³/mol. The lowest BCUT2D eigenvalue weighted by atomic mass is 10.1. The highest BCUT2D eigenvalue weighted by Crippen LogP contribution is 2.31. The fourth-order valence-corrected chi connectivity index (χ4v) is 1.43. The van der Waals surface area contributed by atoms with Crippen molar-refractivity contribution in [2.75, 3.05) is 0 Å². The number of aromatic hydroxyl groups is 3. The number of hydrogen-bond donors (Lipinski definition) is 3. The summed E-state index contributed by atoms with van der Waals surface area (Å²) in [5.41, 5.74) is 0.260. The minimum absolute atomic E-state index is 0.0955. The maximum Gasteiger partial charge on any atom is 0.416 e. The average Bonchev–Trinajstić information content (AvgIpc) is 2.48. The summed E-state index contributed by atoms with van der Waals surface area (Å²) in [7, 11) is 0. The fraction of sp³-hybridized carbons (Fsp3) is 0.294. The lowest BCUT2D eigenvalue weighted by molar-refractivity contribution is -0.137. The Labute approximate surface area is 133 Å². The molecule has 2 rings (SSSR count). The minimum atomic E-state index is -4.33. The highest BCUT2D eigenvalue weighted by atomic mass is 19.4. The van der Waals surface area contributed by atoms with Gasteiger partial charge in [0.1, 0.15) is 17.2 Å². The third kappa shape index (κ3) is 6.95. The van der Waals surface area contributed by atoms with E-state index in [0.29, 0.717) is 0 Å². The highest BCUT2D eigenvalue weighted by Gasteiger charge is 2.30. The summed E-state index contributed by atoms with van der Waals surface area (Å²) in [6.45, 7) is 7.19. The Balaban J connectivity index is 0.000000392. The molecule has 3 nitrogen and oxygen atoms in total. The summed E-state index contributed by atoms with van der Waals surface area (Å²) in [4.78, 5) is 0. The first-order valence-corrected chi connectivity index (χ1v) is 6.96. The largest absolute Gasteiger partial charge is 0.508 e. The van der Waals surface area contributed by atoms with Crippen molar-refractivity contribution >= 4 is 0 Å². The van der Waals surface area contributed by atoms with Crippen LogP contribution < -0.4 is 0 Å². The van der Waals surface area contributed by atoms with E-state index in [0.717, 1.165) is 23.8 Å². The quantitative estimate of drug-likeness (QED) is 0.626. The van der Waals surface area contributed by atoms with Crippen LogP contribution in [-0.2, 0) is 6.18 Å². The maximum absolute atomic E-state index is 12.0. The highest BCUT2D eigenvalue weighted by molar-refractivity contribution is 5.37. The van der Waals surface area contributed by atoms with Crippen molar-refractivity contribution in [2.45, 2.75) is 33.9 Å². The van der Waals surface area contributed by atoms with Crippen molar-refractivity contribution in [3.05, 3.63) is 53.1 Å². The molecule has 0 saturated heterocycles. The average molecular weight is 330 g/mol. The van der Waals surface area contributed by atoms with Crippen LogP contribution in [0, 0.1) is 13.8 Å². The van der Waals surface area contributed by atoms with Crippen LogP contribution >= 0.6 is 0 Å². The van der Waals surface area contributed by atoms with Gasteiger partial charge in [0.05, 0.1) is 5.56 Å². The summed E-state index contributed by atoms with van der Waals surface area (Å²) in [5, 5.41) is 26.7. The van der Waals surface area contributed by atoms with Gasteiger partial charge in [-0.1, -0.05) is 19.9 Å². The van der Waals surface area contributed by atoms with Crippen LogP contribution in [0.3, 0.4) is 0 Å². The van der Waals surface area contributed by atoms with Gasteiger partial charge in [-0.3, -0.25) is 0 Å². The van der Waals surface area contributed by atoms with Crippen molar-refractivity contribution in [1.82, 2.24) is 0 Å². The monoisotopic (exact) mass is 330 g/mol. The molecule has 0 aromatic heterocycles. The number of benzene rings is 2. The number of phenolic OH excluding ortho intramolecular Hbond substituents is 3. The van der Waals surface area contributed by atoms with E-state index in [1.807, 2.05) is 13.8 Å². The second kappa shape index (κ2) is 8.92. The predicted octanol–water partition coefficient (Wildman–Crippen LogP) is 5.15. The molecule has 0 radical (unpaired) electrons. The Morgan fingerprint density at radius 3 is 1.70 bits per heavy atom. The zero-order valence-corrected chi connectivity index (χ0v) is 13.4. The fourth-order valence-electron chi connectivity index (χ4n) is 1.43. The molecule has 0 fully saturated rings. The standard InChI is InChI=1S/C8H7F3O.C7H8O2.C2H6/c1-5-4-6(8(9,10)11)2-3-7(5)12;1-5-2-3-6(8)4-7(5)9;1-2/h2-4,12H,1H3;2-4,8-9H,1H3;1-2H3. The third-order valence-electron chi connectivity index (χ3n) is 2.72. The molecule has 0 aliphatic carbocycles. The van der Waals surface area contributed by atoms with Crippen LogP contribution in [0.2, 0.25) is 0 Å². The number of aryl methyl sites for hydroxylation is 2. The van der Waals surface area contributed by atoms with Crippen molar-refractivity contribution < 1.29 is 28.5 Å². The first-order chi connectivity index (χ1) is 10.6. The molecular weight excluding hydrogens is 309 g/mol. The number of rotatable bonds is 0. The summed E-state index contributed by atoms with van der Waals surface area (Å²) in [5.74, 6) is 0.108. The zero-order valence-electron chi connectivity index (χ0n) is 13.4. The van der Waals surface area contributed by atoms with Crippen LogP contribution in [0.1, 0.15) is 30.5 Å². The van der Waals surface area contributed by atoms with E-state index in [1.165, 1.54) is 19.1 Å². The van der Waals surface area contributed by atoms with Gasteiger partial charge in [0.2, 0.25) is 0 Å². The van der Waals surface area contributed by atoms with E-state index < -0.39 is 11.7 Å². The van der Waals surface area contributed by atoms with Gasteiger partial charge in [0.25, 0.3) is 0 Å². The topological polar surface area (TPSA) is 60.7 Å².